The number of hydrogen-bond donors (Lipinski definition) is 0. The number of hydrogen-bond acceptors (Lipinski definition) is 6. The van der Waals surface area contributed by atoms with E-state index in [2.05, 4.69) is 133 Å². The molecule has 342 valence electrons. The van der Waals surface area contributed by atoms with Gasteiger partial charge in [0.25, 0.3) is 0 Å². The summed E-state index contributed by atoms with van der Waals surface area (Å²) in [5.41, 5.74) is 6.17. The van der Waals surface area contributed by atoms with E-state index in [-0.39, 0.29) is 11.8 Å². The van der Waals surface area contributed by atoms with Gasteiger partial charge in [-0.05, 0) is 64.9 Å². The van der Waals surface area contributed by atoms with Gasteiger partial charge in [-0.25, -0.2) is 9.98 Å². The Bertz CT molecular complexity index is 2230. The Morgan fingerprint density at radius 2 is 1.06 bits per heavy atom. The van der Waals surface area contributed by atoms with E-state index in [1.165, 1.54) is 18.4 Å². The SMILES string of the molecule is CCCC1CC(=O)N(CC2=C(Cl)N=CC2)C1.CCCC1CC(=O)N(CC2=CN=CC2)C1.CCCC1CC(=O)N(Cc2cn(C(c3ccccc3)(c3ccccc3)c3ccccc3)cn2)C1. The molecule has 11 heteroatoms. The van der Waals surface area contributed by atoms with Crippen LogP contribution in [0, 0.1) is 17.8 Å². The van der Waals surface area contributed by atoms with Crippen LogP contribution in [0.4, 0.5) is 0 Å². The van der Waals surface area contributed by atoms with Crippen molar-refractivity contribution in [1.29, 1.82) is 0 Å². The van der Waals surface area contributed by atoms with Crippen LogP contribution in [-0.2, 0) is 26.5 Å². The summed E-state index contributed by atoms with van der Waals surface area (Å²) >= 11 is 5.95. The highest BCUT2D eigenvalue weighted by atomic mass is 35.5. The van der Waals surface area contributed by atoms with E-state index >= 15 is 0 Å². The molecule has 0 spiro atoms. The van der Waals surface area contributed by atoms with Crippen molar-refractivity contribution in [3.05, 3.63) is 148 Å². The monoisotopic (exact) mass is 895 g/mol. The Labute approximate surface area is 391 Å². The Hall–Kier alpha value is -5.61. The minimum atomic E-state index is -0.575. The lowest BCUT2D eigenvalue weighted by Gasteiger charge is -2.37. The van der Waals surface area contributed by atoms with Crippen molar-refractivity contribution >= 4 is 41.8 Å². The van der Waals surface area contributed by atoms with Crippen molar-refractivity contribution in [3.8, 4) is 0 Å². The van der Waals surface area contributed by atoms with Gasteiger partial charge < -0.3 is 19.3 Å². The van der Waals surface area contributed by atoms with Crippen molar-refractivity contribution in [2.24, 2.45) is 27.7 Å². The minimum absolute atomic E-state index is 0.244. The fourth-order valence-electron chi connectivity index (χ4n) is 10.1. The first-order valence-corrected chi connectivity index (χ1v) is 24.2. The highest BCUT2D eigenvalue weighted by Crippen LogP contribution is 2.41. The quantitative estimate of drug-likeness (QED) is 0.0825. The molecule has 10 nitrogen and oxygen atoms in total. The highest BCUT2D eigenvalue weighted by Gasteiger charge is 2.39. The molecule has 9 rings (SSSR count). The molecule has 65 heavy (non-hydrogen) atoms. The van der Waals surface area contributed by atoms with Crippen LogP contribution in [0.1, 0.15) is 114 Å². The summed E-state index contributed by atoms with van der Waals surface area (Å²) in [6.07, 6.45) is 20.4. The maximum atomic E-state index is 12.6. The fourth-order valence-corrected chi connectivity index (χ4v) is 10.3. The molecule has 6 heterocycles. The van der Waals surface area contributed by atoms with Crippen molar-refractivity contribution < 1.29 is 14.4 Å². The molecule has 0 bridgehead atoms. The van der Waals surface area contributed by atoms with Gasteiger partial charge in [0.15, 0.2) is 0 Å². The number of carbonyl (C=O) groups is 3. The number of aromatic nitrogens is 2. The average molecular weight is 897 g/mol. The first-order valence-electron chi connectivity index (χ1n) is 23.8. The molecule has 0 aliphatic carbocycles. The summed E-state index contributed by atoms with van der Waals surface area (Å²) in [7, 11) is 0. The molecule has 0 saturated carbocycles. The third kappa shape index (κ3) is 11.8. The largest absolute Gasteiger partial charge is 0.338 e. The molecular formula is C54H66ClN7O3. The maximum absolute atomic E-state index is 12.6. The van der Waals surface area contributed by atoms with Crippen molar-refractivity contribution in [1.82, 2.24) is 24.3 Å². The molecule has 3 unspecified atom stereocenters. The van der Waals surface area contributed by atoms with E-state index in [1.807, 2.05) is 39.7 Å². The third-order valence-corrected chi connectivity index (χ3v) is 13.6. The number of halogens is 1. The molecule has 4 aromatic rings. The lowest BCUT2D eigenvalue weighted by Crippen LogP contribution is -2.37. The van der Waals surface area contributed by atoms with Crippen LogP contribution in [0.25, 0.3) is 0 Å². The Morgan fingerprint density at radius 3 is 1.48 bits per heavy atom. The average Bonchev–Trinajstić information content (AvgIpc) is 4.21. The zero-order valence-corrected chi connectivity index (χ0v) is 39.3. The first kappa shape index (κ1) is 47.4. The van der Waals surface area contributed by atoms with Gasteiger partial charge in [-0.3, -0.25) is 19.4 Å². The molecule has 3 amide bonds. The number of benzene rings is 3. The van der Waals surface area contributed by atoms with Crippen LogP contribution >= 0.6 is 11.6 Å². The van der Waals surface area contributed by atoms with Crippen molar-refractivity contribution in [2.45, 2.75) is 103 Å². The van der Waals surface area contributed by atoms with Gasteiger partial charge in [-0.15, -0.1) is 0 Å². The van der Waals surface area contributed by atoms with E-state index < -0.39 is 5.54 Å². The molecule has 3 fully saturated rings. The fraction of sp³-hybridized carbons (Fsp3) is 0.444. The van der Waals surface area contributed by atoms with Gasteiger partial charge in [0.05, 0.1) is 18.6 Å². The lowest BCUT2D eigenvalue weighted by atomic mass is 9.77. The standard InChI is InChI=1S/C30H31N3O.C12H17ClN2O.C12H18N2O/c1-2-12-24-19-29(34)32(20-24)21-28-22-33(23-31-28)30(25-13-6-3-7-14-25,26-15-8-4-9-16-26)27-17-10-5-11-18-27;1-2-3-9-6-11(16)15(7-9)8-10-4-5-14-12(10)13;1-2-3-10-6-12(15)14(8-10)9-11-4-5-13-7-11/h3-11,13-18,22-24H,2,12,19-21H2,1H3;5,9H,2-4,6-8H2,1H3;5,7,10H,2-4,6,8-9H2,1H3. The van der Waals surface area contributed by atoms with Crippen LogP contribution in [-0.4, -0.2) is 87.1 Å². The number of aliphatic imine (C=N–C) groups is 2. The Kier molecular flexibility index (Phi) is 16.8. The summed E-state index contributed by atoms with van der Waals surface area (Å²) < 4.78 is 2.21. The topological polar surface area (TPSA) is 103 Å². The molecule has 1 aromatic heterocycles. The molecule has 3 aromatic carbocycles. The molecular weight excluding hydrogens is 830 g/mol. The zero-order chi connectivity index (χ0) is 45.6. The van der Waals surface area contributed by atoms with Crippen molar-refractivity contribution in [3.63, 3.8) is 0 Å². The number of rotatable bonds is 16. The first-order chi connectivity index (χ1) is 31.7. The summed E-state index contributed by atoms with van der Waals surface area (Å²) in [5.74, 6) is 2.43. The third-order valence-electron chi connectivity index (χ3n) is 13.3. The second kappa shape index (κ2) is 23.0. The van der Waals surface area contributed by atoms with Gasteiger partial charge in [-0.2, -0.15) is 0 Å². The molecule has 3 atom stereocenters. The van der Waals surface area contributed by atoms with Crippen LogP contribution in [0.15, 0.2) is 136 Å². The van der Waals surface area contributed by atoms with Crippen LogP contribution in [0.3, 0.4) is 0 Å². The van der Waals surface area contributed by atoms with Gasteiger partial charge >= 0.3 is 0 Å². The second-order valence-corrected chi connectivity index (χ2v) is 18.6. The van der Waals surface area contributed by atoms with Crippen LogP contribution in [0.2, 0.25) is 0 Å². The maximum Gasteiger partial charge on any atom is 0.223 e. The second-order valence-electron chi connectivity index (χ2n) is 18.2. The van der Waals surface area contributed by atoms with E-state index in [0.29, 0.717) is 54.7 Å². The van der Waals surface area contributed by atoms with Gasteiger partial charge in [0, 0.05) is 89.7 Å². The van der Waals surface area contributed by atoms with E-state index in [1.54, 1.807) is 0 Å². The lowest BCUT2D eigenvalue weighted by molar-refractivity contribution is -0.128. The summed E-state index contributed by atoms with van der Waals surface area (Å²) in [5, 5.41) is 0.576. The zero-order valence-electron chi connectivity index (χ0n) is 38.5. The smallest absolute Gasteiger partial charge is 0.223 e. The van der Waals surface area contributed by atoms with Gasteiger partial charge in [-0.1, -0.05) is 143 Å². The number of likely N-dealkylation sites (tertiary alicyclic amines) is 3. The molecule has 5 aliphatic heterocycles. The van der Waals surface area contributed by atoms with Gasteiger partial charge in [0.1, 0.15) is 10.7 Å². The predicted octanol–water partition coefficient (Wildman–Crippen LogP) is 10.4. The molecule has 5 aliphatic rings. The van der Waals surface area contributed by atoms with E-state index in [0.717, 1.165) is 99.1 Å². The number of carbonyl (C=O) groups excluding carboxylic acids is 3. The predicted molar refractivity (Wildman–Crippen MR) is 262 cm³/mol. The normalized spacial score (nSPS) is 20.4. The number of nitrogens with zero attached hydrogens (tertiary/aromatic N) is 7. The summed E-state index contributed by atoms with van der Waals surface area (Å²) in [4.78, 5) is 54.9. The van der Waals surface area contributed by atoms with E-state index in [9.17, 15) is 14.4 Å². The number of amides is 3. The number of imidazole rings is 1. The molecule has 0 radical (unpaired) electrons. The summed E-state index contributed by atoms with van der Waals surface area (Å²) in [6, 6.07) is 31.8. The minimum Gasteiger partial charge on any atom is -0.338 e. The van der Waals surface area contributed by atoms with Crippen molar-refractivity contribution in [2.75, 3.05) is 32.7 Å². The molecule has 0 N–H and O–H groups in total. The highest BCUT2D eigenvalue weighted by molar-refractivity contribution is 6.30. The van der Waals surface area contributed by atoms with Gasteiger partial charge in [0.2, 0.25) is 17.7 Å². The Balaban J connectivity index is 0.000000168. The Morgan fingerprint density at radius 1 is 0.600 bits per heavy atom. The van der Waals surface area contributed by atoms with Crippen LogP contribution in [0.5, 0.6) is 0 Å². The van der Waals surface area contributed by atoms with Crippen LogP contribution < -0.4 is 0 Å². The molecule has 3 saturated heterocycles. The summed E-state index contributed by atoms with van der Waals surface area (Å²) in [6.45, 7) is 11.2. The van der Waals surface area contributed by atoms with E-state index in [4.69, 9.17) is 16.6 Å².